The lowest BCUT2D eigenvalue weighted by Gasteiger charge is -2.17. The zero-order valence-corrected chi connectivity index (χ0v) is 26.6. The lowest BCUT2D eigenvalue weighted by molar-refractivity contribution is 0.0950. The maximum Gasteiger partial charge on any atom is 0.251 e. The summed E-state index contributed by atoms with van der Waals surface area (Å²) in [6.45, 7) is 5.88. The highest BCUT2D eigenvalue weighted by atomic mass is 32.2. The van der Waals surface area contributed by atoms with Crippen LogP contribution < -0.4 is 25.8 Å². The van der Waals surface area contributed by atoms with Crippen molar-refractivity contribution in [3.8, 4) is 23.1 Å². The summed E-state index contributed by atoms with van der Waals surface area (Å²) in [7, 11) is -2.05. The number of nitrogens with two attached hydrogens (primary N) is 1. The topological polar surface area (TPSA) is 202 Å². The Morgan fingerprint density at radius 1 is 1.15 bits per heavy atom. The van der Waals surface area contributed by atoms with Gasteiger partial charge in [-0.1, -0.05) is 6.07 Å². The summed E-state index contributed by atoms with van der Waals surface area (Å²) in [5.41, 5.74) is 11.4. The molecule has 15 heteroatoms. The summed E-state index contributed by atoms with van der Waals surface area (Å²) in [6, 6.07) is 13.9. The molecule has 1 unspecified atom stereocenters. The van der Waals surface area contributed by atoms with E-state index in [1.54, 1.807) is 34.8 Å². The molecule has 5 rings (SSSR count). The van der Waals surface area contributed by atoms with Crippen LogP contribution >= 0.6 is 0 Å². The first-order chi connectivity index (χ1) is 21.9. The second-order valence-electron chi connectivity index (χ2n) is 10.8. The third-order valence-corrected chi connectivity index (χ3v) is 7.68. The van der Waals surface area contributed by atoms with E-state index in [4.69, 9.17) is 20.6 Å². The molecule has 0 saturated carbocycles. The van der Waals surface area contributed by atoms with Crippen LogP contribution in [0, 0.1) is 25.2 Å². The number of aryl methyl sites for hydroxylation is 2. The number of nitrogen functional groups attached to an aromatic ring is 1. The number of amides is 1. The third kappa shape index (κ3) is 6.81. The van der Waals surface area contributed by atoms with Crippen molar-refractivity contribution in [1.29, 1.82) is 5.26 Å². The van der Waals surface area contributed by atoms with Gasteiger partial charge >= 0.3 is 0 Å². The molecule has 0 radical (unpaired) electrons. The zero-order chi connectivity index (χ0) is 33.2. The fourth-order valence-electron chi connectivity index (χ4n) is 4.93. The first kappa shape index (κ1) is 31.7. The quantitative estimate of drug-likeness (QED) is 0.173. The average molecular weight is 641 g/mol. The van der Waals surface area contributed by atoms with Crippen molar-refractivity contribution in [3.05, 3.63) is 88.6 Å². The maximum atomic E-state index is 13.4. The standard InChI is InChI=1S/C31H32N10O4S/c1-17-10-21(13-22(11-17)31(42)34-15-20-6-7-24(25(12-20)45-4)40-46(5,43)44)26-27-18(2)8-9-41(27)39-29(38-26)19(3)37-30-23(14-32)28(33)35-16-36-30/h6-13,16,19,40H,15H2,1-5H3,(H,34,42)(H3,33,35,36,37). The molecule has 1 amide bonds. The first-order valence-electron chi connectivity index (χ1n) is 14.0. The van der Waals surface area contributed by atoms with Gasteiger partial charge in [-0.3, -0.25) is 9.52 Å². The van der Waals surface area contributed by atoms with Crippen LogP contribution in [0.1, 0.15) is 51.4 Å². The zero-order valence-electron chi connectivity index (χ0n) is 25.8. The molecule has 0 aliphatic carbocycles. The molecule has 1 atom stereocenters. The van der Waals surface area contributed by atoms with Gasteiger partial charge in [0.2, 0.25) is 10.0 Å². The lowest BCUT2D eigenvalue weighted by atomic mass is 10.0. The largest absolute Gasteiger partial charge is 0.495 e. The number of anilines is 3. The number of ether oxygens (including phenoxy) is 1. The molecule has 2 aromatic carbocycles. The van der Waals surface area contributed by atoms with E-state index in [0.29, 0.717) is 28.5 Å². The molecule has 3 heterocycles. The van der Waals surface area contributed by atoms with Crippen molar-refractivity contribution >= 4 is 38.8 Å². The minimum Gasteiger partial charge on any atom is -0.495 e. The molecule has 0 bridgehead atoms. The molecule has 0 spiro atoms. The number of sulfonamides is 1. The van der Waals surface area contributed by atoms with E-state index in [2.05, 4.69) is 25.3 Å². The lowest BCUT2D eigenvalue weighted by Crippen LogP contribution is -2.23. The Bertz CT molecular complexity index is 2120. The highest BCUT2D eigenvalue weighted by molar-refractivity contribution is 7.92. The van der Waals surface area contributed by atoms with Crippen LogP contribution in [0.25, 0.3) is 16.8 Å². The highest BCUT2D eigenvalue weighted by Crippen LogP contribution is 2.30. The highest BCUT2D eigenvalue weighted by Gasteiger charge is 2.20. The molecule has 236 valence electrons. The van der Waals surface area contributed by atoms with Gasteiger partial charge in [-0.05, 0) is 73.9 Å². The van der Waals surface area contributed by atoms with Crippen molar-refractivity contribution in [1.82, 2.24) is 29.9 Å². The molecule has 46 heavy (non-hydrogen) atoms. The molecule has 14 nitrogen and oxygen atoms in total. The van der Waals surface area contributed by atoms with Gasteiger partial charge < -0.3 is 21.1 Å². The molecule has 0 aliphatic heterocycles. The monoisotopic (exact) mass is 640 g/mol. The number of benzene rings is 2. The Labute approximate surface area is 265 Å². The van der Waals surface area contributed by atoms with Crippen LogP contribution in [-0.2, 0) is 16.6 Å². The van der Waals surface area contributed by atoms with Gasteiger partial charge in [0, 0.05) is 23.9 Å². The Morgan fingerprint density at radius 2 is 1.93 bits per heavy atom. The number of nitrogens with zero attached hydrogens (tertiary/aromatic N) is 6. The number of nitrogens with one attached hydrogen (secondary N) is 3. The van der Waals surface area contributed by atoms with Crippen LogP contribution in [0.15, 0.2) is 55.0 Å². The number of aromatic nitrogens is 5. The van der Waals surface area contributed by atoms with Gasteiger partial charge in [0.25, 0.3) is 5.91 Å². The number of methoxy groups -OCH3 is 1. The minimum absolute atomic E-state index is 0.0657. The molecule has 0 aliphatic rings. The Hall–Kier alpha value is -5.75. The number of carbonyl (C=O) groups excluding carboxylic acids is 1. The van der Waals surface area contributed by atoms with Crippen LogP contribution in [0.3, 0.4) is 0 Å². The summed E-state index contributed by atoms with van der Waals surface area (Å²) in [4.78, 5) is 26.3. The van der Waals surface area contributed by atoms with Crippen molar-refractivity contribution in [2.24, 2.45) is 0 Å². The molecule has 3 aromatic heterocycles. The van der Waals surface area contributed by atoms with Crippen LogP contribution in [-0.4, -0.2) is 52.3 Å². The normalized spacial score (nSPS) is 11.9. The van der Waals surface area contributed by atoms with Crippen molar-refractivity contribution < 1.29 is 17.9 Å². The Balaban J connectivity index is 1.44. The van der Waals surface area contributed by atoms with E-state index in [1.165, 1.54) is 13.4 Å². The van der Waals surface area contributed by atoms with Crippen LogP contribution in [0.4, 0.5) is 17.3 Å². The number of carbonyl (C=O) groups is 1. The van der Waals surface area contributed by atoms with E-state index in [0.717, 1.165) is 34.0 Å². The Morgan fingerprint density at radius 3 is 2.65 bits per heavy atom. The summed E-state index contributed by atoms with van der Waals surface area (Å²) < 4.78 is 32.8. The molecular formula is C31H32N10O4S. The molecular weight excluding hydrogens is 608 g/mol. The third-order valence-electron chi connectivity index (χ3n) is 7.09. The minimum atomic E-state index is -3.49. The van der Waals surface area contributed by atoms with Crippen molar-refractivity contribution in [3.63, 3.8) is 0 Å². The number of hydrogen-bond donors (Lipinski definition) is 4. The number of fused-ring (bicyclic) bond motifs is 1. The second kappa shape index (κ2) is 12.7. The van der Waals surface area contributed by atoms with E-state index in [1.807, 2.05) is 45.2 Å². The summed E-state index contributed by atoms with van der Waals surface area (Å²) in [5, 5.41) is 20.3. The van der Waals surface area contributed by atoms with Crippen LogP contribution in [0.5, 0.6) is 5.75 Å². The molecule has 0 fully saturated rings. The second-order valence-corrected chi connectivity index (χ2v) is 12.5. The summed E-state index contributed by atoms with van der Waals surface area (Å²) >= 11 is 0. The van der Waals surface area contributed by atoms with E-state index in [-0.39, 0.29) is 29.7 Å². The number of rotatable bonds is 10. The predicted octanol–water partition coefficient (Wildman–Crippen LogP) is 3.74. The molecule has 5 N–H and O–H groups in total. The fraction of sp³-hybridized carbons (Fsp3) is 0.226. The predicted molar refractivity (Wildman–Crippen MR) is 174 cm³/mol. The van der Waals surface area contributed by atoms with Crippen LogP contribution in [0.2, 0.25) is 0 Å². The fourth-order valence-corrected chi connectivity index (χ4v) is 5.50. The smallest absolute Gasteiger partial charge is 0.251 e. The Kier molecular flexibility index (Phi) is 8.74. The van der Waals surface area contributed by atoms with Crippen molar-refractivity contribution in [2.45, 2.75) is 33.4 Å². The summed E-state index contributed by atoms with van der Waals surface area (Å²) in [5.74, 6) is 0.784. The van der Waals surface area contributed by atoms with Gasteiger partial charge in [-0.2, -0.15) is 10.4 Å². The van der Waals surface area contributed by atoms with Gasteiger partial charge in [0.15, 0.2) is 5.82 Å². The van der Waals surface area contributed by atoms with Crippen molar-refractivity contribution in [2.75, 3.05) is 29.1 Å². The molecule has 5 aromatic rings. The van der Waals surface area contributed by atoms with Gasteiger partial charge in [-0.15, -0.1) is 0 Å². The first-order valence-corrected chi connectivity index (χ1v) is 15.9. The SMILES string of the molecule is COc1cc(CNC(=O)c2cc(C)cc(-c3nc(C(C)Nc4ncnc(N)c4C#N)nn4ccc(C)c34)c2)ccc1NS(C)(=O)=O. The van der Waals surface area contributed by atoms with E-state index in [9.17, 15) is 18.5 Å². The van der Waals surface area contributed by atoms with Gasteiger partial charge in [0.05, 0.1) is 36.3 Å². The van der Waals surface area contributed by atoms with Gasteiger partial charge in [-0.25, -0.2) is 27.9 Å². The average Bonchev–Trinajstić information content (AvgIpc) is 3.39. The number of nitriles is 1. The van der Waals surface area contributed by atoms with Gasteiger partial charge in [0.1, 0.15) is 35.3 Å². The summed E-state index contributed by atoms with van der Waals surface area (Å²) in [6.07, 6.45) is 4.17. The number of hydrogen-bond acceptors (Lipinski definition) is 11. The maximum absolute atomic E-state index is 13.4. The molecule has 0 saturated heterocycles. The van der Waals surface area contributed by atoms with E-state index >= 15 is 0 Å². The van der Waals surface area contributed by atoms with E-state index < -0.39 is 16.1 Å².